The third-order valence-electron chi connectivity index (χ3n) is 4.17. The first-order chi connectivity index (χ1) is 12.5. The molecule has 1 N–H and O–H groups in total. The van der Waals surface area contributed by atoms with E-state index in [9.17, 15) is 13.2 Å². The van der Waals surface area contributed by atoms with E-state index in [-0.39, 0.29) is 17.7 Å². The minimum Gasteiger partial charge on any atom is -0.383 e. The molecule has 1 fully saturated rings. The fraction of sp³-hybridized carbons (Fsp3) is 0.471. The molecule has 1 unspecified atom stereocenters. The Bertz CT molecular complexity index is 726. The summed E-state index contributed by atoms with van der Waals surface area (Å²) in [5.41, 5.74) is -0.530. The average Bonchev–Trinajstić information content (AvgIpc) is 3.07. The summed E-state index contributed by atoms with van der Waals surface area (Å²) in [6.07, 6.45) is -0.724. The van der Waals surface area contributed by atoms with Crippen molar-refractivity contribution in [3.05, 3.63) is 36.3 Å². The van der Waals surface area contributed by atoms with E-state index < -0.39 is 11.9 Å². The second-order valence-corrected chi connectivity index (χ2v) is 6.12. The van der Waals surface area contributed by atoms with Crippen molar-refractivity contribution in [2.45, 2.75) is 18.6 Å². The van der Waals surface area contributed by atoms with Gasteiger partial charge in [-0.05, 0) is 18.6 Å². The van der Waals surface area contributed by atoms with E-state index >= 15 is 0 Å². The van der Waals surface area contributed by atoms with Crippen LogP contribution in [0.1, 0.15) is 12.1 Å². The van der Waals surface area contributed by atoms with E-state index in [0.29, 0.717) is 12.2 Å². The number of nitrogens with zero attached hydrogens (tertiary/aromatic N) is 4. The minimum atomic E-state index is -4.55. The summed E-state index contributed by atoms with van der Waals surface area (Å²) in [7, 11) is 1.64. The van der Waals surface area contributed by atoms with Crippen molar-refractivity contribution in [2.24, 2.45) is 0 Å². The molecular formula is C17H20F3N5O. The van der Waals surface area contributed by atoms with Crippen LogP contribution in [0.25, 0.3) is 11.4 Å². The van der Waals surface area contributed by atoms with Crippen LogP contribution in [0.2, 0.25) is 0 Å². The number of nitrogens with one attached hydrogen (secondary N) is 1. The predicted molar refractivity (Wildman–Crippen MR) is 90.6 cm³/mol. The molecule has 1 atom stereocenters. The van der Waals surface area contributed by atoms with Gasteiger partial charge in [0.2, 0.25) is 0 Å². The van der Waals surface area contributed by atoms with Crippen molar-refractivity contribution in [1.82, 2.24) is 19.9 Å². The molecule has 1 saturated heterocycles. The van der Waals surface area contributed by atoms with Crippen molar-refractivity contribution < 1.29 is 17.9 Å². The lowest BCUT2D eigenvalue weighted by Gasteiger charge is -2.17. The number of ether oxygens (including phenoxy) is 1. The topological polar surface area (TPSA) is 63.2 Å². The highest BCUT2D eigenvalue weighted by Gasteiger charge is 2.34. The summed E-state index contributed by atoms with van der Waals surface area (Å²) in [5, 5.41) is 3.12. The van der Waals surface area contributed by atoms with Gasteiger partial charge in [-0.1, -0.05) is 0 Å². The molecule has 3 rings (SSSR count). The number of alkyl halides is 3. The van der Waals surface area contributed by atoms with E-state index in [1.807, 2.05) is 0 Å². The molecule has 0 spiro atoms. The van der Waals surface area contributed by atoms with Crippen LogP contribution < -0.4 is 5.32 Å². The van der Waals surface area contributed by atoms with Crippen LogP contribution in [0.15, 0.2) is 30.6 Å². The zero-order chi connectivity index (χ0) is 18.6. The fourth-order valence-corrected chi connectivity index (χ4v) is 2.87. The molecule has 0 saturated carbocycles. The molecule has 2 aromatic heterocycles. The molecule has 0 amide bonds. The lowest BCUT2D eigenvalue weighted by Crippen LogP contribution is -2.29. The fourth-order valence-electron chi connectivity index (χ4n) is 2.87. The van der Waals surface area contributed by atoms with Crippen molar-refractivity contribution in [1.29, 1.82) is 0 Å². The molecular weight excluding hydrogens is 347 g/mol. The van der Waals surface area contributed by atoms with Crippen LogP contribution in [0.3, 0.4) is 0 Å². The van der Waals surface area contributed by atoms with Crippen molar-refractivity contribution in [3.8, 4) is 11.4 Å². The first-order valence-corrected chi connectivity index (χ1v) is 8.30. The highest BCUT2D eigenvalue weighted by atomic mass is 19.4. The largest absolute Gasteiger partial charge is 0.433 e. The summed E-state index contributed by atoms with van der Waals surface area (Å²) in [4.78, 5) is 14.1. The maximum atomic E-state index is 13.2. The van der Waals surface area contributed by atoms with Crippen molar-refractivity contribution in [2.75, 3.05) is 38.7 Å². The first-order valence-electron chi connectivity index (χ1n) is 8.30. The zero-order valence-electron chi connectivity index (χ0n) is 14.3. The van der Waals surface area contributed by atoms with Gasteiger partial charge in [0.25, 0.3) is 0 Å². The molecule has 1 aliphatic rings. The third-order valence-corrected chi connectivity index (χ3v) is 4.17. The Morgan fingerprint density at radius 3 is 2.88 bits per heavy atom. The Labute approximate surface area is 149 Å². The number of methoxy groups -OCH3 is 1. The molecule has 26 heavy (non-hydrogen) atoms. The molecule has 0 bridgehead atoms. The molecule has 140 valence electrons. The number of halogens is 3. The number of hydrogen-bond donors (Lipinski definition) is 1. The van der Waals surface area contributed by atoms with Crippen LogP contribution >= 0.6 is 0 Å². The van der Waals surface area contributed by atoms with Gasteiger partial charge in [0, 0.05) is 56.8 Å². The number of pyridine rings is 1. The molecule has 6 nitrogen and oxygen atoms in total. The predicted octanol–water partition coefficient (Wildman–Crippen LogP) is 2.69. The Morgan fingerprint density at radius 2 is 2.19 bits per heavy atom. The maximum Gasteiger partial charge on any atom is 0.433 e. The Kier molecular flexibility index (Phi) is 5.67. The lowest BCUT2D eigenvalue weighted by atomic mass is 10.2. The highest BCUT2D eigenvalue weighted by Crippen LogP contribution is 2.31. The van der Waals surface area contributed by atoms with Gasteiger partial charge in [0.1, 0.15) is 5.82 Å². The van der Waals surface area contributed by atoms with E-state index in [1.54, 1.807) is 25.4 Å². The monoisotopic (exact) mass is 367 g/mol. The van der Waals surface area contributed by atoms with Gasteiger partial charge >= 0.3 is 6.18 Å². The highest BCUT2D eigenvalue weighted by molar-refractivity contribution is 5.56. The third kappa shape index (κ3) is 4.67. The first kappa shape index (κ1) is 18.5. The second kappa shape index (κ2) is 7.96. The number of hydrogen-bond acceptors (Lipinski definition) is 6. The standard InChI is InChI=1S/C17H20F3N5O/c1-26-8-7-25-6-4-13(11-25)22-15-9-14(17(18,19)20)23-16(24-15)12-3-2-5-21-10-12/h2-3,5,9-10,13H,4,6-8,11H2,1H3,(H,22,23,24). The summed E-state index contributed by atoms with van der Waals surface area (Å²) in [6.45, 7) is 3.03. The summed E-state index contributed by atoms with van der Waals surface area (Å²) >= 11 is 0. The van der Waals surface area contributed by atoms with Gasteiger partial charge in [-0.15, -0.1) is 0 Å². The average molecular weight is 367 g/mol. The smallest absolute Gasteiger partial charge is 0.383 e. The molecule has 0 aromatic carbocycles. The number of aromatic nitrogens is 3. The SMILES string of the molecule is COCCN1CCC(Nc2cc(C(F)(F)F)nc(-c3cccnc3)n2)C1. The number of rotatable bonds is 6. The van der Waals surface area contributed by atoms with Crippen LogP contribution in [-0.2, 0) is 10.9 Å². The van der Waals surface area contributed by atoms with Crippen LogP contribution in [0.5, 0.6) is 0 Å². The zero-order valence-corrected chi connectivity index (χ0v) is 14.3. The summed E-state index contributed by atoms with van der Waals surface area (Å²) in [5.74, 6) is 0.175. The molecule has 1 aliphatic heterocycles. The molecule has 0 aliphatic carbocycles. The van der Waals surface area contributed by atoms with Gasteiger partial charge in [0.15, 0.2) is 11.5 Å². The van der Waals surface area contributed by atoms with E-state index in [0.717, 1.165) is 32.1 Å². The Morgan fingerprint density at radius 1 is 1.35 bits per heavy atom. The lowest BCUT2D eigenvalue weighted by molar-refractivity contribution is -0.141. The van der Waals surface area contributed by atoms with Gasteiger partial charge in [-0.3, -0.25) is 9.88 Å². The van der Waals surface area contributed by atoms with Gasteiger partial charge in [0.05, 0.1) is 6.61 Å². The van der Waals surface area contributed by atoms with E-state index in [2.05, 4.69) is 25.2 Å². The minimum absolute atomic E-state index is 0.00432. The quantitative estimate of drug-likeness (QED) is 0.847. The van der Waals surface area contributed by atoms with Gasteiger partial charge in [-0.2, -0.15) is 13.2 Å². The number of likely N-dealkylation sites (tertiary alicyclic amines) is 1. The van der Waals surface area contributed by atoms with Crippen LogP contribution in [0.4, 0.5) is 19.0 Å². The maximum absolute atomic E-state index is 13.2. The van der Waals surface area contributed by atoms with Gasteiger partial charge in [-0.25, -0.2) is 9.97 Å². The Balaban J connectivity index is 1.80. The van der Waals surface area contributed by atoms with E-state index in [4.69, 9.17) is 4.74 Å². The Hall–Kier alpha value is -2.26. The molecule has 9 heteroatoms. The molecule has 3 heterocycles. The number of anilines is 1. The molecule has 2 aromatic rings. The van der Waals surface area contributed by atoms with Crippen LogP contribution in [0, 0.1) is 0 Å². The summed E-state index contributed by atoms with van der Waals surface area (Å²) < 4.78 is 44.7. The van der Waals surface area contributed by atoms with Crippen molar-refractivity contribution >= 4 is 5.82 Å². The van der Waals surface area contributed by atoms with Crippen LogP contribution in [-0.4, -0.2) is 59.2 Å². The normalized spacial score (nSPS) is 18.2. The molecule has 0 radical (unpaired) electrons. The second-order valence-electron chi connectivity index (χ2n) is 6.12. The van der Waals surface area contributed by atoms with Crippen molar-refractivity contribution in [3.63, 3.8) is 0 Å². The van der Waals surface area contributed by atoms with Gasteiger partial charge < -0.3 is 10.1 Å². The summed E-state index contributed by atoms with van der Waals surface area (Å²) in [6, 6.07) is 4.26. The van der Waals surface area contributed by atoms with E-state index in [1.165, 1.54) is 6.20 Å².